The van der Waals surface area contributed by atoms with Crippen LogP contribution in [0.15, 0.2) is 77.3 Å². The third-order valence-corrected chi connectivity index (χ3v) is 5.47. The van der Waals surface area contributed by atoms with Gasteiger partial charge in [-0.1, -0.05) is 30.3 Å². The van der Waals surface area contributed by atoms with Crippen molar-refractivity contribution in [3.63, 3.8) is 0 Å². The van der Waals surface area contributed by atoms with E-state index in [1.807, 2.05) is 12.1 Å². The van der Waals surface area contributed by atoms with Crippen LogP contribution in [0.1, 0.15) is 28.2 Å². The summed E-state index contributed by atoms with van der Waals surface area (Å²) in [5.74, 6) is -0.264. The van der Waals surface area contributed by atoms with Crippen molar-refractivity contribution in [1.82, 2.24) is 10.3 Å². The number of para-hydroxylation sites is 1. The van der Waals surface area contributed by atoms with Gasteiger partial charge < -0.3 is 19.2 Å². The lowest BCUT2D eigenvalue weighted by Crippen LogP contribution is -2.50. The summed E-state index contributed by atoms with van der Waals surface area (Å²) in [4.78, 5) is 17.7. The monoisotopic (exact) mass is 454 g/mol. The number of halogens is 3. The Morgan fingerprint density at radius 3 is 2.61 bits per heavy atom. The molecule has 0 bridgehead atoms. The molecule has 168 valence electrons. The van der Waals surface area contributed by atoms with E-state index in [1.165, 1.54) is 24.3 Å². The van der Waals surface area contributed by atoms with E-state index in [2.05, 4.69) is 15.0 Å². The molecule has 0 saturated carbocycles. The molecule has 4 aromatic rings. The van der Waals surface area contributed by atoms with Gasteiger partial charge in [-0.25, -0.2) is 0 Å². The fraction of sp³-hybridized carbons (Fsp3) is 0.167. The molecule has 1 unspecified atom stereocenters. The fourth-order valence-corrected chi connectivity index (χ4v) is 4.03. The number of fused-ring (bicyclic) bond motifs is 2. The summed E-state index contributed by atoms with van der Waals surface area (Å²) in [5.41, 5.74) is 0.396. The Kier molecular flexibility index (Phi) is 4.96. The van der Waals surface area contributed by atoms with Crippen LogP contribution in [0.3, 0.4) is 0 Å². The van der Waals surface area contributed by atoms with Gasteiger partial charge in [0, 0.05) is 18.0 Å². The van der Waals surface area contributed by atoms with Gasteiger partial charge in [-0.3, -0.25) is 9.78 Å². The maximum Gasteiger partial charge on any atom is 0.573 e. The molecule has 1 atom stereocenters. The second-order valence-electron chi connectivity index (χ2n) is 7.53. The van der Waals surface area contributed by atoms with Crippen LogP contribution in [0, 0.1) is 0 Å². The molecule has 0 aliphatic carbocycles. The first-order chi connectivity index (χ1) is 15.8. The fourth-order valence-electron chi connectivity index (χ4n) is 4.03. The molecule has 0 saturated heterocycles. The number of nitrogens with zero attached hydrogens (tertiary/aromatic N) is 1. The molecule has 2 aromatic carbocycles. The van der Waals surface area contributed by atoms with E-state index in [0.29, 0.717) is 29.0 Å². The Labute approximate surface area is 185 Å². The average Bonchev–Trinajstić information content (AvgIpc) is 3.23. The first-order valence-electron chi connectivity index (χ1n) is 10.1. The summed E-state index contributed by atoms with van der Waals surface area (Å²) in [6.45, 7) is 0.264. The molecule has 5 rings (SSSR count). The molecule has 33 heavy (non-hydrogen) atoms. The third-order valence-electron chi connectivity index (χ3n) is 5.47. The Bertz CT molecular complexity index is 1280. The van der Waals surface area contributed by atoms with E-state index in [1.54, 1.807) is 36.5 Å². The lowest BCUT2D eigenvalue weighted by Gasteiger charge is -2.38. The number of ether oxygens (including phenoxy) is 2. The SMILES string of the molecule is O=C(NC1(c2ccc(OC(F)(F)F)cc2)CCOc2cccnc21)c1cc2ccccc2o1. The van der Waals surface area contributed by atoms with Crippen molar-refractivity contribution in [2.45, 2.75) is 18.3 Å². The topological polar surface area (TPSA) is 73.6 Å². The minimum absolute atomic E-state index is 0.108. The zero-order valence-corrected chi connectivity index (χ0v) is 17.1. The van der Waals surface area contributed by atoms with Crippen molar-refractivity contribution < 1.29 is 31.9 Å². The van der Waals surface area contributed by atoms with Crippen molar-refractivity contribution in [3.8, 4) is 11.5 Å². The summed E-state index contributed by atoms with van der Waals surface area (Å²) in [5, 5.41) is 3.79. The quantitative estimate of drug-likeness (QED) is 0.460. The maximum atomic E-state index is 13.3. The largest absolute Gasteiger partial charge is 0.573 e. The third kappa shape index (κ3) is 3.97. The lowest BCUT2D eigenvalue weighted by molar-refractivity contribution is -0.274. The summed E-state index contributed by atoms with van der Waals surface area (Å²) >= 11 is 0. The minimum Gasteiger partial charge on any atom is -0.491 e. The van der Waals surface area contributed by atoms with Crippen molar-refractivity contribution >= 4 is 16.9 Å². The van der Waals surface area contributed by atoms with E-state index in [0.717, 1.165) is 5.39 Å². The van der Waals surface area contributed by atoms with Gasteiger partial charge >= 0.3 is 6.36 Å². The van der Waals surface area contributed by atoms with Crippen molar-refractivity contribution in [1.29, 1.82) is 0 Å². The number of alkyl halides is 3. The Morgan fingerprint density at radius 2 is 1.85 bits per heavy atom. The zero-order valence-electron chi connectivity index (χ0n) is 17.1. The van der Waals surface area contributed by atoms with Crippen LogP contribution >= 0.6 is 0 Å². The second kappa shape index (κ2) is 7.84. The number of rotatable bonds is 4. The maximum absolute atomic E-state index is 13.3. The Hall–Kier alpha value is -4.01. The van der Waals surface area contributed by atoms with Crippen molar-refractivity contribution in [3.05, 3.63) is 89.9 Å². The Morgan fingerprint density at radius 1 is 1.06 bits per heavy atom. The average molecular weight is 454 g/mol. The van der Waals surface area contributed by atoms with E-state index < -0.39 is 17.8 Å². The van der Waals surface area contributed by atoms with Crippen LogP contribution in [0.4, 0.5) is 13.2 Å². The van der Waals surface area contributed by atoms with Crippen LogP contribution in [-0.4, -0.2) is 23.9 Å². The predicted molar refractivity (Wildman–Crippen MR) is 112 cm³/mol. The number of amides is 1. The molecular formula is C24H17F3N2O4. The van der Waals surface area contributed by atoms with E-state index >= 15 is 0 Å². The molecule has 1 amide bonds. The number of pyridine rings is 1. The first-order valence-corrected chi connectivity index (χ1v) is 10.1. The number of carbonyl (C=O) groups excluding carboxylic acids is 1. The van der Waals surface area contributed by atoms with Gasteiger partial charge in [0.15, 0.2) is 5.76 Å². The highest BCUT2D eigenvalue weighted by Gasteiger charge is 2.43. The number of hydrogen-bond donors (Lipinski definition) is 1. The molecule has 2 aromatic heterocycles. The van der Waals surface area contributed by atoms with Crippen molar-refractivity contribution in [2.24, 2.45) is 0 Å². The molecule has 0 spiro atoms. The zero-order chi connectivity index (χ0) is 23.1. The number of furan rings is 1. The van der Waals surface area contributed by atoms with Gasteiger partial charge in [-0.2, -0.15) is 0 Å². The summed E-state index contributed by atoms with van der Waals surface area (Å²) in [6, 6.07) is 17.7. The lowest BCUT2D eigenvalue weighted by atomic mass is 9.81. The molecule has 3 heterocycles. The van der Waals surface area contributed by atoms with E-state index in [9.17, 15) is 18.0 Å². The standard InChI is InChI=1S/C24H17F3N2O4/c25-24(26,27)33-17-9-7-16(8-10-17)23(11-13-31-19-6-3-12-28-21(19)23)29-22(30)20-14-15-4-1-2-5-18(15)32-20/h1-10,12,14H,11,13H2,(H,29,30). The van der Waals surface area contributed by atoms with Crippen LogP contribution in [0.2, 0.25) is 0 Å². The predicted octanol–water partition coefficient (Wildman–Crippen LogP) is 5.18. The molecule has 9 heteroatoms. The van der Waals surface area contributed by atoms with Crippen LogP contribution < -0.4 is 14.8 Å². The Balaban J connectivity index is 1.56. The number of nitrogens with one attached hydrogen (secondary N) is 1. The van der Waals surface area contributed by atoms with Crippen molar-refractivity contribution in [2.75, 3.05) is 6.61 Å². The number of carbonyl (C=O) groups is 1. The highest BCUT2D eigenvalue weighted by atomic mass is 19.4. The van der Waals surface area contributed by atoms with Gasteiger partial charge in [-0.15, -0.1) is 13.2 Å². The molecule has 0 fully saturated rings. The summed E-state index contributed by atoms with van der Waals surface area (Å²) in [6.07, 6.45) is -2.93. The number of hydrogen-bond acceptors (Lipinski definition) is 5. The minimum atomic E-state index is -4.80. The van der Waals surface area contributed by atoms with Crippen LogP contribution in [0.5, 0.6) is 11.5 Å². The van der Waals surface area contributed by atoms with E-state index in [4.69, 9.17) is 9.15 Å². The molecule has 1 aliphatic rings. The normalized spacial score (nSPS) is 17.8. The highest BCUT2D eigenvalue weighted by molar-refractivity contribution is 5.96. The van der Waals surface area contributed by atoms with Crippen LogP contribution in [-0.2, 0) is 5.54 Å². The van der Waals surface area contributed by atoms with Gasteiger partial charge in [0.2, 0.25) is 0 Å². The van der Waals surface area contributed by atoms with Gasteiger partial charge in [0.1, 0.15) is 28.3 Å². The van der Waals surface area contributed by atoms with E-state index in [-0.39, 0.29) is 18.1 Å². The molecule has 1 N–H and O–H groups in total. The van der Waals surface area contributed by atoms with Gasteiger partial charge in [0.25, 0.3) is 5.91 Å². The van der Waals surface area contributed by atoms with Crippen LogP contribution in [0.25, 0.3) is 11.0 Å². The summed E-state index contributed by atoms with van der Waals surface area (Å²) in [7, 11) is 0. The molecule has 0 radical (unpaired) electrons. The first kappa shape index (κ1) is 20.9. The smallest absolute Gasteiger partial charge is 0.491 e. The highest BCUT2D eigenvalue weighted by Crippen LogP contribution is 2.41. The molecule has 6 nitrogen and oxygen atoms in total. The second-order valence-corrected chi connectivity index (χ2v) is 7.53. The summed E-state index contributed by atoms with van der Waals surface area (Å²) < 4.78 is 53.2. The molecular weight excluding hydrogens is 437 g/mol. The number of aromatic nitrogens is 1. The van der Waals surface area contributed by atoms with Gasteiger partial charge in [-0.05, 0) is 42.0 Å². The van der Waals surface area contributed by atoms with Gasteiger partial charge in [0.05, 0.1) is 6.61 Å². The number of benzene rings is 2. The molecule has 1 aliphatic heterocycles.